The van der Waals surface area contributed by atoms with Crippen molar-refractivity contribution in [1.29, 1.82) is 0 Å². The molecule has 1 aromatic heterocycles. The van der Waals surface area contributed by atoms with Crippen LogP contribution in [0.5, 0.6) is 0 Å². The molecule has 3 rings (SSSR count). The smallest absolute Gasteiger partial charge is 0.286 e. The van der Waals surface area contributed by atoms with Crippen LogP contribution in [-0.2, 0) is 23.5 Å². The lowest BCUT2D eigenvalue weighted by Crippen LogP contribution is -2.34. The topological polar surface area (TPSA) is 109 Å². The van der Waals surface area contributed by atoms with E-state index < -0.39 is 37.9 Å². The number of anilines is 1. The second kappa shape index (κ2) is 9.12. The molecule has 1 aromatic carbocycles. The highest BCUT2D eigenvalue weighted by Crippen LogP contribution is 2.49. The van der Waals surface area contributed by atoms with Gasteiger partial charge in [-0.2, -0.15) is 0 Å². The van der Waals surface area contributed by atoms with Crippen LogP contribution in [-0.4, -0.2) is 41.2 Å². The van der Waals surface area contributed by atoms with Crippen molar-refractivity contribution >= 4 is 38.3 Å². The Balaban J connectivity index is 2.00. The van der Waals surface area contributed by atoms with Gasteiger partial charge in [0, 0.05) is 47.9 Å². The number of aryl methyl sites for hydroxylation is 1. The number of rotatable bonds is 9. The van der Waals surface area contributed by atoms with Gasteiger partial charge in [0.2, 0.25) is 10.0 Å². The number of hydrogen-bond acceptors (Lipinski definition) is 5. The Hall–Kier alpha value is -1.57. The molecule has 1 aliphatic rings. The van der Waals surface area contributed by atoms with Crippen LogP contribution in [0, 0.1) is 21.1 Å². The number of nitrogens with zero attached hydrogens (tertiary/aromatic N) is 1. The van der Waals surface area contributed by atoms with Crippen LogP contribution in [0.2, 0.25) is 0 Å². The predicted molar refractivity (Wildman–Crippen MR) is 120 cm³/mol. The molecule has 0 saturated heterocycles. The normalized spacial score (nSPS) is 15.3. The van der Waals surface area contributed by atoms with Crippen molar-refractivity contribution in [2.75, 3.05) is 17.9 Å². The maximum atomic E-state index is 14.9. The van der Waals surface area contributed by atoms with Crippen molar-refractivity contribution in [2.24, 2.45) is 13.0 Å². The van der Waals surface area contributed by atoms with E-state index in [0.717, 1.165) is 4.57 Å². The van der Waals surface area contributed by atoms with Crippen molar-refractivity contribution in [1.82, 2.24) is 4.57 Å². The van der Waals surface area contributed by atoms with Crippen molar-refractivity contribution < 1.29 is 27.4 Å². The lowest BCUT2D eigenvalue weighted by molar-refractivity contribution is 0.141. The third-order valence-electron chi connectivity index (χ3n) is 5.60. The first kappa shape index (κ1) is 24.1. The van der Waals surface area contributed by atoms with E-state index in [1.807, 2.05) is 22.6 Å². The molecule has 0 unspecified atom stereocenters. The average molecular weight is 568 g/mol. The highest BCUT2D eigenvalue weighted by molar-refractivity contribution is 14.1. The van der Waals surface area contributed by atoms with Gasteiger partial charge in [-0.3, -0.25) is 9.52 Å². The quantitative estimate of drug-likeness (QED) is 0.402. The van der Waals surface area contributed by atoms with E-state index in [-0.39, 0.29) is 42.9 Å². The third kappa shape index (κ3) is 4.94. The number of aliphatic hydroxyl groups excluding tert-OH is 2. The zero-order valence-corrected chi connectivity index (χ0v) is 19.7. The molecule has 0 atom stereocenters. The summed E-state index contributed by atoms with van der Waals surface area (Å²) in [6.07, 6.45) is 1.56. The Morgan fingerprint density at radius 2 is 1.90 bits per heavy atom. The summed E-state index contributed by atoms with van der Waals surface area (Å²) in [6, 6.07) is 4.36. The summed E-state index contributed by atoms with van der Waals surface area (Å²) < 4.78 is 58.2. The summed E-state index contributed by atoms with van der Waals surface area (Å²) >= 11 is 1.93. The lowest BCUT2D eigenvalue weighted by Gasteiger charge is -2.23. The molecule has 3 N–H and O–H groups in total. The summed E-state index contributed by atoms with van der Waals surface area (Å²) in [5.41, 5.74) is -1.22. The zero-order valence-electron chi connectivity index (χ0n) is 16.7. The molecule has 1 aliphatic carbocycles. The SMILES string of the molecule is Cn1cc(NS(=O)(=O)C2(CC(CO)CO)CC2)c(Cc2ccc(I)cc2F)c(F)c1=O. The van der Waals surface area contributed by atoms with Crippen LogP contribution >= 0.6 is 22.6 Å². The van der Waals surface area contributed by atoms with E-state index in [0.29, 0.717) is 16.4 Å². The molecular weight excluding hydrogens is 545 g/mol. The highest BCUT2D eigenvalue weighted by atomic mass is 127. The summed E-state index contributed by atoms with van der Waals surface area (Å²) in [5.74, 6) is -2.35. The molecule has 11 heteroatoms. The largest absolute Gasteiger partial charge is 0.396 e. The van der Waals surface area contributed by atoms with E-state index in [1.165, 1.54) is 25.4 Å². The molecule has 1 saturated carbocycles. The van der Waals surface area contributed by atoms with Crippen LogP contribution in [0.15, 0.2) is 29.2 Å². The fraction of sp³-hybridized carbons (Fsp3) is 0.450. The third-order valence-corrected chi connectivity index (χ3v) is 8.48. The molecule has 0 bridgehead atoms. The van der Waals surface area contributed by atoms with Crippen LogP contribution in [0.3, 0.4) is 0 Å². The number of benzene rings is 1. The van der Waals surface area contributed by atoms with Crippen LogP contribution in [0.1, 0.15) is 30.4 Å². The van der Waals surface area contributed by atoms with Gasteiger partial charge in [0.15, 0.2) is 5.82 Å². The molecule has 1 heterocycles. The van der Waals surface area contributed by atoms with Crippen molar-refractivity contribution in [3.05, 3.63) is 61.1 Å². The van der Waals surface area contributed by atoms with Gasteiger partial charge < -0.3 is 14.8 Å². The molecule has 2 aromatic rings. The van der Waals surface area contributed by atoms with E-state index in [4.69, 9.17) is 0 Å². The van der Waals surface area contributed by atoms with Gasteiger partial charge in [-0.05, 0) is 59.5 Å². The van der Waals surface area contributed by atoms with Crippen LogP contribution in [0.25, 0.3) is 0 Å². The number of aliphatic hydroxyl groups is 2. The Morgan fingerprint density at radius 1 is 1.26 bits per heavy atom. The van der Waals surface area contributed by atoms with Gasteiger partial charge >= 0.3 is 0 Å². The average Bonchev–Trinajstić information content (AvgIpc) is 3.50. The molecule has 0 amide bonds. The zero-order chi connectivity index (χ0) is 23.0. The van der Waals surface area contributed by atoms with Crippen LogP contribution in [0.4, 0.5) is 14.5 Å². The number of pyridine rings is 1. The first-order chi connectivity index (χ1) is 14.5. The fourth-order valence-corrected chi connectivity index (χ4v) is 5.77. The number of aromatic nitrogens is 1. The van der Waals surface area contributed by atoms with Gasteiger partial charge in [-0.25, -0.2) is 17.2 Å². The van der Waals surface area contributed by atoms with Crippen molar-refractivity contribution in [2.45, 2.75) is 30.4 Å². The molecule has 0 spiro atoms. The van der Waals surface area contributed by atoms with Crippen molar-refractivity contribution in [3.8, 4) is 0 Å². The monoisotopic (exact) mass is 568 g/mol. The molecule has 170 valence electrons. The first-order valence-corrected chi connectivity index (χ1v) is 12.2. The Kier molecular flexibility index (Phi) is 7.08. The summed E-state index contributed by atoms with van der Waals surface area (Å²) in [5, 5.41) is 18.7. The molecule has 1 fully saturated rings. The summed E-state index contributed by atoms with van der Waals surface area (Å²) in [6.45, 7) is -0.723. The van der Waals surface area contributed by atoms with E-state index >= 15 is 0 Å². The second-order valence-corrected chi connectivity index (χ2v) is 11.2. The fourth-order valence-electron chi connectivity index (χ4n) is 3.54. The maximum absolute atomic E-state index is 14.9. The summed E-state index contributed by atoms with van der Waals surface area (Å²) in [4.78, 5) is 12.1. The minimum Gasteiger partial charge on any atom is -0.396 e. The van der Waals surface area contributed by atoms with Gasteiger partial charge in [0.1, 0.15) is 5.82 Å². The Labute approximate surface area is 192 Å². The van der Waals surface area contributed by atoms with Gasteiger partial charge in [0.25, 0.3) is 5.56 Å². The van der Waals surface area contributed by atoms with E-state index in [1.54, 1.807) is 6.07 Å². The minimum atomic E-state index is -4.04. The van der Waals surface area contributed by atoms with E-state index in [2.05, 4.69) is 4.72 Å². The first-order valence-electron chi connectivity index (χ1n) is 9.59. The predicted octanol–water partition coefficient (Wildman–Crippen LogP) is 2.12. The molecule has 7 nitrogen and oxygen atoms in total. The number of nitrogens with one attached hydrogen (secondary N) is 1. The highest BCUT2D eigenvalue weighted by Gasteiger charge is 2.55. The Bertz CT molecular complexity index is 1140. The summed E-state index contributed by atoms with van der Waals surface area (Å²) in [7, 11) is -2.75. The number of sulfonamides is 1. The maximum Gasteiger partial charge on any atom is 0.286 e. The number of hydrogen-bond donors (Lipinski definition) is 3. The van der Waals surface area contributed by atoms with Gasteiger partial charge in [0.05, 0.1) is 10.4 Å². The Morgan fingerprint density at radius 3 is 2.45 bits per heavy atom. The molecular formula is C20H23F2IN2O5S. The second-order valence-electron chi connectivity index (χ2n) is 7.89. The minimum absolute atomic E-state index is 0.0463. The van der Waals surface area contributed by atoms with Crippen LogP contribution < -0.4 is 10.3 Å². The molecule has 0 radical (unpaired) electrons. The van der Waals surface area contributed by atoms with Gasteiger partial charge in [-0.1, -0.05) is 6.07 Å². The van der Waals surface area contributed by atoms with E-state index in [9.17, 15) is 32.2 Å². The molecule has 31 heavy (non-hydrogen) atoms. The standard InChI is InChI=1S/C20H23F2IN2O5S/c1-25-9-17(24-31(29,30)20(4-5-20)8-12(10-26)11-27)15(18(22)19(25)28)6-13-2-3-14(23)7-16(13)21/h2-3,7,9,12,24,26-27H,4-6,8,10-11H2,1H3. The number of halogens is 3. The van der Waals surface area contributed by atoms with Crippen molar-refractivity contribution in [3.63, 3.8) is 0 Å². The van der Waals surface area contributed by atoms with Gasteiger partial charge in [-0.15, -0.1) is 0 Å². The molecule has 0 aliphatic heterocycles. The lowest BCUT2D eigenvalue weighted by atomic mass is 10.0.